The number of aliphatic carboxylic acids is 1. The summed E-state index contributed by atoms with van der Waals surface area (Å²) < 4.78 is 5.83. The van der Waals surface area contributed by atoms with E-state index in [-0.39, 0.29) is 38.4 Å². The predicted molar refractivity (Wildman–Crippen MR) is 187 cm³/mol. The second-order valence-electron chi connectivity index (χ2n) is 11.4. The van der Waals surface area contributed by atoms with Gasteiger partial charge in [-0.1, -0.05) is 99.0 Å². The molecule has 0 aromatic heterocycles. The molecular weight excluding hydrogens is 612 g/mol. The number of carbonyl (C=O) groups is 4. The molecule has 3 aromatic rings. The first-order valence-corrected chi connectivity index (χ1v) is 16.3. The summed E-state index contributed by atoms with van der Waals surface area (Å²) in [5.74, 6) is -2.65. The number of unbranched alkanes of at least 4 members (excludes halogenated alkanes) is 3. The SMILES string of the molecule is CCCC(NC(=O)C(Cc1ccc2ccccc2c1)NC(=O)C(COCc1ccccc1)NC(=O)CCCCCCN)C(=O)O.N=CN. The van der Waals surface area contributed by atoms with Crippen LogP contribution in [0.2, 0.25) is 0 Å². The van der Waals surface area contributed by atoms with Crippen molar-refractivity contribution in [1.29, 1.82) is 5.41 Å². The minimum atomic E-state index is -1.15. The van der Waals surface area contributed by atoms with Crippen molar-refractivity contribution in [1.82, 2.24) is 16.0 Å². The molecule has 12 nitrogen and oxygen atoms in total. The lowest BCUT2D eigenvalue weighted by atomic mass is 10.0. The van der Waals surface area contributed by atoms with Gasteiger partial charge < -0.3 is 37.3 Å². The van der Waals surface area contributed by atoms with Crippen molar-refractivity contribution in [3.05, 3.63) is 83.9 Å². The van der Waals surface area contributed by atoms with Crippen molar-refractivity contribution in [3.8, 4) is 0 Å². The number of fused-ring (bicyclic) bond motifs is 1. The van der Waals surface area contributed by atoms with Gasteiger partial charge in [-0.3, -0.25) is 19.8 Å². The predicted octanol–water partition coefficient (Wildman–Crippen LogP) is 3.40. The number of nitrogens with two attached hydrogens (primary N) is 2. The monoisotopic (exact) mass is 662 g/mol. The number of hydrogen-bond donors (Lipinski definition) is 7. The molecule has 0 aliphatic carbocycles. The molecule has 9 N–H and O–H groups in total. The maximum Gasteiger partial charge on any atom is 0.326 e. The summed E-state index contributed by atoms with van der Waals surface area (Å²) in [6, 6.07) is 19.7. The highest BCUT2D eigenvalue weighted by Gasteiger charge is 2.30. The van der Waals surface area contributed by atoms with Crippen LogP contribution in [0, 0.1) is 5.41 Å². The molecule has 0 fully saturated rings. The summed E-state index contributed by atoms with van der Waals surface area (Å²) in [6.45, 7) is 2.56. The zero-order chi connectivity index (χ0) is 35.1. The van der Waals surface area contributed by atoms with E-state index in [4.69, 9.17) is 15.9 Å². The van der Waals surface area contributed by atoms with E-state index in [9.17, 15) is 24.3 Å². The topological polar surface area (TPSA) is 210 Å². The molecule has 3 rings (SSSR count). The van der Waals surface area contributed by atoms with Crippen molar-refractivity contribution in [2.45, 2.75) is 83.0 Å². The van der Waals surface area contributed by atoms with Gasteiger partial charge in [0.2, 0.25) is 17.7 Å². The molecule has 0 aliphatic rings. The lowest BCUT2D eigenvalue weighted by molar-refractivity contribution is -0.142. The van der Waals surface area contributed by atoms with Crippen LogP contribution in [0.3, 0.4) is 0 Å². The first-order chi connectivity index (χ1) is 23.2. The highest BCUT2D eigenvalue weighted by molar-refractivity contribution is 5.94. The van der Waals surface area contributed by atoms with Crippen LogP contribution >= 0.6 is 0 Å². The molecular formula is C36H50N6O6. The van der Waals surface area contributed by atoms with Gasteiger partial charge in [0.15, 0.2) is 0 Å². The fourth-order valence-corrected chi connectivity index (χ4v) is 5.00. The van der Waals surface area contributed by atoms with Gasteiger partial charge >= 0.3 is 5.97 Å². The van der Waals surface area contributed by atoms with Crippen molar-refractivity contribution >= 4 is 40.8 Å². The van der Waals surface area contributed by atoms with Crippen LogP contribution in [0.5, 0.6) is 0 Å². The molecule has 0 aliphatic heterocycles. The van der Waals surface area contributed by atoms with Crippen LogP contribution < -0.4 is 27.4 Å². The molecule has 0 spiro atoms. The Morgan fingerprint density at radius 2 is 1.44 bits per heavy atom. The zero-order valence-corrected chi connectivity index (χ0v) is 27.7. The van der Waals surface area contributed by atoms with E-state index in [0.717, 1.165) is 47.5 Å². The quantitative estimate of drug-likeness (QED) is 0.0540. The van der Waals surface area contributed by atoms with Gasteiger partial charge in [-0.25, -0.2) is 4.79 Å². The van der Waals surface area contributed by atoms with Crippen molar-refractivity contribution < 1.29 is 29.0 Å². The van der Waals surface area contributed by atoms with Gasteiger partial charge in [0.1, 0.15) is 18.1 Å². The fraction of sp³-hybridized carbons (Fsp3) is 0.417. The van der Waals surface area contributed by atoms with E-state index in [1.54, 1.807) is 0 Å². The van der Waals surface area contributed by atoms with Gasteiger partial charge in [0.25, 0.3) is 0 Å². The molecule has 3 atom stereocenters. The van der Waals surface area contributed by atoms with E-state index in [1.165, 1.54) is 0 Å². The number of hydrogen-bond acceptors (Lipinski definition) is 7. The second-order valence-corrected chi connectivity index (χ2v) is 11.4. The number of amides is 3. The summed E-state index contributed by atoms with van der Waals surface area (Å²) in [6.07, 6.45) is 5.23. The second kappa shape index (κ2) is 22.7. The van der Waals surface area contributed by atoms with E-state index >= 15 is 0 Å². The van der Waals surface area contributed by atoms with Gasteiger partial charge in [-0.2, -0.15) is 0 Å². The Labute approximate surface area is 282 Å². The average molecular weight is 663 g/mol. The number of ether oxygens (including phenoxy) is 1. The van der Waals surface area contributed by atoms with E-state index in [2.05, 4.69) is 21.7 Å². The summed E-state index contributed by atoms with van der Waals surface area (Å²) in [7, 11) is 0. The normalized spacial score (nSPS) is 12.5. The third kappa shape index (κ3) is 14.7. The van der Waals surface area contributed by atoms with Gasteiger partial charge in [0.05, 0.1) is 19.6 Å². The fourth-order valence-electron chi connectivity index (χ4n) is 5.00. The largest absolute Gasteiger partial charge is 0.480 e. The molecule has 3 aromatic carbocycles. The molecule has 3 amide bonds. The van der Waals surface area contributed by atoms with Crippen molar-refractivity contribution in [3.63, 3.8) is 0 Å². The van der Waals surface area contributed by atoms with Gasteiger partial charge in [-0.05, 0) is 47.7 Å². The number of nitrogens with one attached hydrogen (secondary N) is 4. The first-order valence-electron chi connectivity index (χ1n) is 16.3. The maximum atomic E-state index is 13.7. The molecule has 0 bridgehead atoms. The van der Waals surface area contributed by atoms with Gasteiger partial charge in [-0.15, -0.1) is 0 Å². The molecule has 260 valence electrons. The summed E-state index contributed by atoms with van der Waals surface area (Å²) >= 11 is 0. The molecule has 3 unspecified atom stereocenters. The summed E-state index contributed by atoms with van der Waals surface area (Å²) in [5.41, 5.74) is 11.6. The summed E-state index contributed by atoms with van der Waals surface area (Å²) in [5, 5.41) is 25.7. The molecule has 12 heteroatoms. The van der Waals surface area contributed by atoms with Crippen molar-refractivity contribution in [2.24, 2.45) is 11.5 Å². The number of carboxylic acids is 1. The van der Waals surface area contributed by atoms with E-state index in [0.29, 0.717) is 19.4 Å². The van der Waals surface area contributed by atoms with Crippen LogP contribution in [-0.4, -0.2) is 66.4 Å². The summed E-state index contributed by atoms with van der Waals surface area (Å²) in [4.78, 5) is 51.8. The maximum absolute atomic E-state index is 13.7. The molecule has 0 saturated heterocycles. The van der Waals surface area contributed by atoms with Crippen LogP contribution in [0.25, 0.3) is 10.8 Å². The first kappa shape index (κ1) is 39.4. The van der Waals surface area contributed by atoms with Crippen LogP contribution in [0.15, 0.2) is 72.8 Å². The smallest absolute Gasteiger partial charge is 0.326 e. The molecule has 0 saturated carbocycles. The third-order valence-electron chi connectivity index (χ3n) is 7.48. The Balaban J connectivity index is 0.00000257. The molecule has 0 heterocycles. The number of benzene rings is 3. The highest BCUT2D eigenvalue weighted by atomic mass is 16.5. The number of rotatable bonds is 20. The lowest BCUT2D eigenvalue weighted by Gasteiger charge is -2.25. The Hall–Kier alpha value is -4.81. The minimum absolute atomic E-state index is 0.114. The molecule has 48 heavy (non-hydrogen) atoms. The number of carbonyl (C=O) groups excluding carboxylic acids is 3. The van der Waals surface area contributed by atoms with Crippen LogP contribution in [-0.2, 0) is 36.9 Å². The Morgan fingerprint density at radius 3 is 2.10 bits per heavy atom. The molecule has 0 radical (unpaired) electrons. The Bertz CT molecular complexity index is 1440. The standard InChI is InChI=1S/C35H46N4O6.CH4N2/c1-2-12-29(35(43)44)38-33(41)30(22-26-18-19-27-15-9-10-16-28(27)21-26)39-34(42)31(24-45-23-25-13-6-5-7-14-25)37-32(40)17-8-3-4-11-20-36;2-1-3/h5-7,9-10,13-16,18-19,21,29-31H,2-4,8,11-12,17,20,22-24,36H2,1H3,(H,37,40)(H,38,41)(H,39,42)(H,43,44);1H,(H3,2,3). The van der Waals surface area contributed by atoms with Crippen LogP contribution in [0.4, 0.5) is 0 Å². The van der Waals surface area contributed by atoms with Crippen LogP contribution in [0.1, 0.15) is 63.0 Å². The minimum Gasteiger partial charge on any atom is -0.480 e. The third-order valence-corrected chi connectivity index (χ3v) is 7.48. The zero-order valence-electron chi connectivity index (χ0n) is 27.7. The van der Waals surface area contributed by atoms with Crippen molar-refractivity contribution in [2.75, 3.05) is 13.2 Å². The number of carboxylic acid groups (broad SMARTS) is 1. The highest BCUT2D eigenvalue weighted by Crippen LogP contribution is 2.17. The Kier molecular flexibility index (Phi) is 18.6. The lowest BCUT2D eigenvalue weighted by Crippen LogP contribution is -2.57. The van der Waals surface area contributed by atoms with Gasteiger partial charge in [0, 0.05) is 12.8 Å². The average Bonchev–Trinajstić information content (AvgIpc) is 3.08. The van der Waals surface area contributed by atoms with E-state index < -0.39 is 35.9 Å². The van der Waals surface area contributed by atoms with E-state index in [1.807, 2.05) is 79.7 Å². The Morgan fingerprint density at radius 1 is 0.812 bits per heavy atom.